The van der Waals surface area contributed by atoms with Crippen LogP contribution in [0.5, 0.6) is 0 Å². The van der Waals surface area contributed by atoms with Gasteiger partial charge in [-0.1, -0.05) is 12.1 Å². The summed E-state index contributed by atoms with van der Waals surface area (Å²) in [5.74, 6) is 0.824. The average molecular weight is 219 g/mol. The molecule has 1 heterocycles. The van der Waals surface area contributed by atoms with E-state index in [4.69, 9.17) is 5.11 Å². The standard InChI is InChI=1S/C12H17N3O/c1-9(2)15(7-8-16)12-13-10-5-3-4-6-11(10)14-12/h3-6,9,16H,7-8H2,1-2H3,(H,13,14). The molecule has 2 N–H and O–H groups in total. The second-order valence-electron chi connectivity index (χ2n) is 4.09. The van der Waals surface area contributed by atoms with Crippen LogP contribution in [0.3, 0.4) is 0 Å². The zero-order valence-corrected chi connectivity index (χ0v) is 9.64. The van der Waals surface area contributed by atoms with Gasteiger partial charge in [-0.15, -0.1) is 0 Å². The number of hydrogen-bond donors (Lipinski definition) is 2. The minimum atomic E-state index is 0.134. The predicted octanol–water partition coefficient (Wildman–Crippen LogP) is 1.77. The number of anilines is 1. The van der Waals surface area contributed by atoms with E-state index in [1.165, 1.54) is 0 Å². The minimum Gasteiger partial charge on any atom is -0.395 e. The van der Waals surface area contributed by atoms with Crippen LogP contribution in [0.4, 0.5) is 5.95 Å². The fraction of sp³-hybridized carbons (Fsp3) is 0.417. The van der Waals surface area contributed by atoms with Gasteiger partial charge in [-0.05, 0) is 26.0 Å². The molecule has 0 aliphatic carbocycles. The Labute approximate surface area is 94.9 Å². The third-order valence-electron chi connectivity index (χ3n) is 2.61. The maximum absolute atomic E-state index is 9.04. The van der Waals surface area contributed by atoms with Gasteiger partial charge in [0.25, 0.3) is 0 Å². The number of para-hydroxylation sites is 2. The number of benzene rings is 1. The van der Waals surface area contributed by atoms with E-state index >= 15 is 0 Å². The number of nitrogens with one attached hydrogen (secondary N) is 1. The normalized spacial score (nSPS) is 11.2. The summed E-state index contributed by atoms with van der Waals surface area (Å²) in [6.45, 7) is 4.90. The van der Waals surface area contributed by atoms with Gasteiger partial charge in [0.15, 0.2) is 0 Å². The lowest BCUT2D eigenvalue weighted by atomic mass is 10.3. The molecule has 0 radical (unpaired) electrons. The first-order valence-electron chi connectivity index (χ1n) is 5.54. The molecule has 0 saturated carbocycles. The molecule has 1 aromatic heterocycles. The van der Waals surface area contributed by atoms with Crippen molar-refractivity contribution >= 4 is 17.0 Å². The number of hydrogen-bond acceptors (Lipinski definition) is 3. The summed E-state index contributed by atoms with van der Waals surface area (Å²) < 4.78 is 0. The lowest BCUT2D eigenvalue weighted by molar-refractivity contribution is 0.298. The third-order valence-corrected chi connectivity index (χ3v) is 2.61. The number of aromatic amines is 1. The van der Waals surface area contributed by atoms with Gasteiger partial charge in [0.05, 0.1) is 17.6 Å². The van der Waals surface area contributed by atoms with Crippen LogP contribution in [0.25, 0.3) is 11.0 Å². The van der Waals surface area contributed by atoms with Gasteiger partial charge in [-0.25, -0.2) is 4.98 Å². The fourth-order valence-corrected chi connectivity index (χ4v) is 1.79. The van der Waals surface area contributed by atoms with Gasteiger partial charge in [-0.2, -0.15) is 0 Å². The molecule has 0 aliphatic heterocycles. The van der Waals surface area contributed by atoms with Gasteiger partial charge in [0, 0.05) is 12.6 Å². The van der Waals surface area contributed by atoms with E-state index in [9.17, 15) is 0 Å². The molecule has 4 heteroatoms. The minimum absolute atomic E-state index is 0.134. The van der Waals surface area contributed by atoms with Gasteiger partial charge in [0.1, 0.15) is 0 Å². The second kappa shape index (κ2) is 4.53. The molecule has 2 aromatic rings. The maximum atomic E-state index is 9.04. The van der Waals surface area contributed by atoms with Gasteiger partial charge >= 0.3 is 0 Å². The summed E-state index contributed by atoms with van der Waals surface area (Å²) in [6, 6.07) is 8.25. The number of rotatable bonds is 4. The first-order chi connectivity index (χ1) is 7.72. The van der Waals surface area contributed by atoms with Crippen molar-refractivity contribution in [3.8, 4) is 0 Å². The average Bonchev–Trinajstić information content (AvgIpc) is 2.68. The number of nitrogens with zero attached hydrogens (tertiary/aromatic N) is 2. The summed E-state index contributed by atoms with van der Waals surface area (Å²) in [6.07, 6.45) is 0. The highest BCUT2D eigenvalue weighted by atomic mass is 16.3. The van der Waals surface area contributed by atoms with Crippen molar-refractivity contribution < 1.29 is 5.11 Å². The smallest absolute Gasteiger partial charge is 0.204 e. The first-order valence-corrected chi connectivity index (χ1v) is 5.54. The Morgan fingerprint density at radius 1 is 1.38 bits per heavy atom. The topological polar surface area (TPSA) is 52.1 Å². The highest BCUT2D eigenvalue weighted by Gasteiger charge is 2.13. The predicted molar refractivity (Wildman–Crippen MR) is 65.7 cm³/mol. The summed E-state index contributed by atoms with van der Waals surface area (Å²) in [5, 5.41) is 9.04. The number of imidazole rings is 1. The molecule has 2 rings (SSSR count). The Balaban J connectivity index is 2.37. The van der Waals surface area contributed by atoms with Crippen molar-refractivity contribution in [2.45, 2.75) is 19.9 Å². The van der Waals surface area contributed by atoms with Crippen molar-refractivity contribution in [2.24, 2.45) is 0 Å². The van der Waals surface area contributed by atoms with E-state index < -0.39 is 0 Å². The molecule has 0 bridgehead atoms. The van der Waals surface area contributed by atoms with E-state index in [1.54, 1.807) is 0 Å². The van der Waals surface area contributed by atoms with Crippen LogP contribution in [-0.2, 0) is 0 Å². The zero-order valence-electron chi connectivity index (χ0n) is 9.64. The number of aliphatic hydroxyl groups is 1. The number of aromatic nitrogens is 2. The molecule has 4 nitrogen and oxygen atoms in total. The van der Waals surface area contributed by atoms with Gasteiger partial charge in [-0.3, -0.25) is 0 Å². The van der Waals surface area contributed by atoms with E-state index in [-0.39, 0.29) is 6.61 Å². The van der Waals surface area contributed by atoms with Crippen molar-refractivity contribution in [3.05, 3.63) is 24.3 Å². The summed E-state index contributed by atoms with van der Waals surface area (Å²) in [7, 11) is 0. The number of aliphatic hydroxyl groups excluding tert-OH is 1. The van der Waals surface area contributed by atoms with Crippen molar-refractivity contribution in [1.82, 2.24) is 9.97 Å². The SMILES string of the molecule is CC(C)N(CCO)c1nc2ccccc2[nH]1. The lowest BCUT2D eigenvalue weighted by Crippen LogP contribution is -2.34. The molecule has 86 valence electrons. The van der Waals surface area contributed by atoms with Crippen LogP contribution in [0.1, 0.15) is 13.8 Å². The quantitative estimate of drug-likeness (QED) is 0.824. The van der Waals surface area contributed by atoms with Gasteiger partial charge in [0.2, 0.25) is 5.95 Å². The second-order valence-corrected chi connectivity index (χ2v) is 4.09. The molecule has 0 aliphatic rings. The van der Waals surface area contributed by atoms with Gasteiger partial charge < -0.3 is 15.0 Å². The highest BCUT2D eigenvalue weighted by molar-refractivity contribution is 5.77. The molecular formula is C12H17N3O. The van der Waals surface area contributed by atoms with Crippen LogP contribution < -0.4 is 4.90 Å². The van der Waals surface area contributed by atoms with E-state index in [0.717, 1.165) is 17.0 Å². The number of fused-ring (bicyclic) bond motifs is 1. The van der Waals surface area contributed by atoms with Crippen LogP contribution in [0, 0.1) is 0 Å². The van der Waals surface area contributed by atoms with Crippen LogP contribution in [-0.4, -0.2) is 34.3 Å². The Morgan fingerprint density at radius 2 is 2.12 bits per heavy atom. The maximum Gasteiger partial charge on any atom is 0.204 e. The molecule has 0 spiro atoms. The van der Waals surface area contributed by atoms with E-state index in [2.05, 4.69) is 28.7 Å². The first kappa shape index (κ1) is 11.0. The summed E-state index contributed by atoms with van der Waals surface area (Å²) >= 11 is 0. The molecule has 0 saturated heterocycles. The largest absolute Gasteiger partial charge is 0.395 e. The third kappa shape index (κ3) is 2.02. The molecule has 16 heavy (non-hydrogen) atoms. The van der Waals surface area contributed by atoms with E-state index in [0.29, 0.717) is 12.6 Å². The monoisotopic (exact) mass is 219 g/mol. The van der Waals surface area contributed by atoms with Crippen molar-refractivity contribution in [3.63, 3.8) is 0 Å². The van der Waals surface area contributed by atoms with Crippen LogP contribution in [0.15, 0.2) is 24.3 Å². The Morgan fingerprint density at radius 3 is 2.75 bits per heavy atom. The molecule has 0 unspecified atom stereocenters. The van der Waals surface area contributed by atoms with E-state index in [1.807, 2.05) is 24.3 Å². The number of H-pyrrole nitrogens is 1. The molecule has 0 fully saturated rings. The Bertz CT molecular complexity index is 431. The Hall–Kier alpha value is -1.55. The van der Waals surface area contributed by atoms with Crippen molar-refractivity contribution in [1.29, 1.82) is 0 Å². The molecule has 0 amide bonds. The van der Waals surface area contributed by atoms with Crippen molar-refractivity contribution in [2.75, 3.05) is 18.1 Å². The van der Waals surface area contributed by atoms with Crippen LogP contribution >= 0.6 is 0 Å². The summed E-state index contributed by atoms with van der Waals surface area (Å²) in [5.41, 5.74) is 1.99. The lowest BCUT2D eigenvalue weighted by Gasteiger charge is -2.24. The zero-order chi connectivity index (χ0) is 11.5. The molecular weight excluding hydrogens is 202 g/mol. The molecule has 1 aromatic carbocycles. The highest BCUT2D eigenvalue weighted by Crippen LogP contribution is 2.18. The molecule has 0 atom stereocenters. The summed E-state index contributed by atoms with van der Waals surface area (Å²) in [4.78, 5) is 9.83. The fourth-order valence-electron chi connectivity index (χ4n) is 1.79. The van der Waals surface area contributed by atoms with Crippen LogP contribution in [0.2, 0.25) is 0 Å². The Kier molecular flexibility index (Phi) is 3.10.